The van der Waals surface area contributed by atoms with Gasteiger partial charge in [0.15, 0.2) is 6.10 Å². The minimum Gasteiger partial charge on any atom is -0.456 e. The standard InChI is InChI=1S/C10H18F2O2/c1-6-10(11,12)8(9(3,4)5)14-7(2)13/h8H,6H2,1-5H3. The minimum atomic E-state index is -2.97. The Morgan fingerprint density at radius 3 is 2.00 bits per heavy atom. The molecule has 0 heterocycles. The van der Waals surface area contributed by atoms with Crippen LogP contribution in [0.5, 0.6) is 0 Å². The second kappa shape index (κ2) is 4.24. The summed E-state index contributed by atoms with van der Waals surface area (Å²) in [4.78, 5) is 10.7. The van der Waals surface area contributed by atoms with Gasteiger partial charge >= 0.3 is 5.97 Å². The van der Waals surface area contributed by atoms with Crippen molar-refractivity contribution in [1.29, 1.82) is 0 Å². The molecule has 0 bridgehead atoms. The fourth-order valence-electron chi connectivity index (χ4n) is 1.25. The number of alkyl halides is 2. The molecule has 4 heteroatoms. The van der Waals surface area contributed by atoms with Gasteiger partial charge in [0.05, 0.1) is 0 Å². The predicted molar refractivity (Wildman–Crippen MR) is 50.2 cm³/mol. The van der Waals surface area contributed by atoms with Crippen LogP contribution in [0.15, 0.2) is 0 Å². The van der Waals surface area contributed by atoms with E-state index in [2.05, 4.69) is 4.74 Å². The first kappa shape index (κ1) is 13.3. The van der Waals surface area contributed by atoms with E-state index < -0.39 is 23.4 Å². The van der Waals surface area contributed by atoms with Crippen molar-refractivity contribution >= 4 is 5.97 Å². The van der Waals surface area contributed by atoms with Gasteiger partial charge in [-0.2, -0.15) is 0 Å². The molecule has 0 aliphatic rings. The molecule has 0 saturated heterocycles. The monoisotopic (exact) mass is 208 g/mol. The molecule has 0 rings (SSSR count). The summed E-state index contributed by atoms with van der Waals surface area (Å²) >= 11 is 0. The summed E-state index contributed by atoms with van der Waals surface area (Å²) < 4.78 is 31.5. The third-order valence-electron chi connectivity index (χ3n) is 1.93. The van der Waals surface area contributed by atoms with Gasteiger partial charge in [-0.3, -0.25) is 4.79 Å². The molecule has 0 aromatic carbocycles. The van der Waals surface area contributed by atoms with Crippen molar-refractivity contribution in [3.8, 4) is 0 Å². The third kappa shape index (κ3) is 3.60. The van der Waals surface area contributed by atoms with Crippen molar-refractivity contribution in [3.05, 3.63) is 0 Å². The Kier molecular flexibility index (Phi) is 4.03. The summed E-state index contributed by atoms with van der Waals surface area (Å²) in [6.45, 7) is 7.41. The maximum atomic E-state index is 13.4. The van der Waals surface area contributed by atoms with Gasteiger partial charge in [0.1, 0.15) is 0 Å². The highest BCUT2D eigenvalue weighted by Crippen LogP contribution is 2.36. The van der Waals surface area contributed by atoms with E-state index in [9.17, 15) is 13.6 Å². The van der Waals surface area contributed by atoms with E-state index in [1.165, 1.54) is 6.92 Å². The molecule has 84 valence electrons. The van der Waals surface area contributed by atoms with Gasteiger partial charge in [0.25, 0.3) is 5.92 Å². The van der Waals surface area contributed by atoms with Gasteiger partial charge in [-0.15, -0.1) is 0 Å². The van der Waals surface area contributed by atoms with Gasteiger partial charge in [-0.1, -0.05) is 27.7 Å². The predicted octanol–water partition coefficient (Wildman–Crippen LogP) is 3.01. The van der Waals surface area contributed by atoms with Gasteiger partial charge in [-0.25, -0.2) is 8.78 Å². The quantitative estimate of drug-likeness (QED) is 0.666. The van der Waals surface area contributed by atoms with Crippen LogP contribution >= 0.6 is 0 Å². The largest absolute Gasteiger partial charge is 0.456 e. The molecule has 0 radical (unpaired) electrons. The number of hydrogen-bond donors (Lipinski definition) is 0. The fraction of sp³-hybridized carbons (Fsp3) is 0.900. The van der Waals surface area contributed by atoms with E-state index in [0.29, 0.717) is 0 Å². The van der Waals surface area contributed by atoms with Crippen molar-refractivity contribution in [2.75, 3.05) is 0 Å². The van der Waals surface area contributed by atoms with Crippen molar-refractivity contribution in [1.82, 2.24) is 0 Å². The van der Waals surface area contributed by atoms with Crippen LogP contribution in [-0.4, -0.2) is 18.0 Å². The highest BCUT2D eigenvalue weighted by molar-refractivity contribution is 5.66. The van der Waals surface area contributed by atoms with Crippen molar-refractivity contribution in [2.45, 2.75) is 53.1 Å². The molecule has 0 N–H and O–H groups in total. The molecule has 0 amide bonds. The Hall–Kier alpha value is -0.670. The van der Waals surface area contributed by atoms with Crippen LogP contribution < -0.4 is 0 Å². The smallest absolute Gasteiger partial charge is 0.303 e. The Morgan fingerprint density at radius 2 is 1.79 bits per heavy atom. The minimum absolute atomic E-state index is 0.331. The molecule has 1 unspecified atom stereocenters. The van der Waals surface area contributed by atoms with Crippen molar-refractivity contribution < 1.29 is 18.3 Å². The zero-order chi connectivity index (χ0) is 11.6. The molecule has 0 aromatic rings. The number of carbonyl (C=O) groups excluding carboxylic acids is 1. The molecule has 0 saturated carbocycles. The first-order valence-electron chi connectivity index (χ1n) is 4.66. The maximum Gasteiger partial charge on any atom is 0.303 e. The number of rotatable bonds is 3. The summed E-state index contributed by atoms with van der Waals surface area (Å²) in [6.07, 6.45) is -1.69. The summed E-state index contributed by atoms with van der Waals surface area (Å²) in [7, 11) is 0. The zero-order valence-electron chi connectivity index (χ0n) is 9.36. The van der Waals surface area contributed by atoms with Gasteiger partial charge in [-0.05, 0) is 0 Å². The number of carbonyl (C=O) groups is 1. The van der Waals surface area contributed by atoms with Crippen LogP contribution in [0, 0.1) is 5.41 Å². The Morgan fingerprint density at radius 1 is 1.36 bits per heavy atom. The second-order valence-corrected chi connectivity index (χ2v) is 4.47. The molecule has 2 nitrogen and oxygen atoms in total. The first-order valence-corrected chi connectivity index (χ1v) is 4.66. The van der Waals surface area contributed by atoms with Crippen LogP contribution in [0.3, 0.4) is 0 Å². The van der Waals surface area contributed by atoms with Crippen LogP contribution in [0.2, 0.25) is 0 Å². The number of ether oxygens (including phenoxy) is 1. The molecule has 0 fully saturated rings. The van der Waals surface area contributed by atoms with E-state index in [-0.39, 0.29) is 6.42 Å². The lowest BCUT2D eigenvalue weighted by atomic mass is 9.84. The average molecular weight is 208 g/mol. The highest BCUT2D eigenvalue weighted by Gasteiger charge is 2.47. The van der Waals surface area contributed by atoms with Crippen LogP contribution in [0.25, 0.3) is 0 Å². The summed E-state index contributed by atoms with van der Waals surface area (Å²) in [6, 6.07) is 0. The van der Waals surface area contributed by atoms with Crippen LogP contribution in [-0.2, 0) is 9.53 Å². The van der Waals surface area contributed by atoms with Gasteiger partial charge in [0, 0.05) is 18.8 Å². The topological polar surface area (TPSA) is 26.3 Å². The maximum absolute atomic E-state index is 13.4. The van der Waals surface area contributed by atoms with Crippen LogP contribution in [0.1, 0.15) is 41.0 Å². The molecule has 0 spiro atoms. The number of halogens is 2. The summed E-state index contributed by atoms with van der Waals surface area (Å²) in [5.41, 5.74) is -0.759. The lowest BCUT2D eigenvalue weighted by molar-refractivity contribution is -0.191. The Bertz CT molecular complexity index is 207. The van der Waals surface area contributed by atoms with Crippen molar-refractivity contribution in [3.63, 3.8) is 0 Å². The second-order valence-electron chi connectivity index (χ2n) is 4.47. The first-order chi connectivity index (χ1) is 6.11. The molecule has 14 heavy (non-hydrogen) atoms. The Balaban J connectivity index is 4.82. The number of hydrogen-bond acceptors (Lipinski definition) is 2. The highest BCUT2D eigenvalue weighted by atomic mass is 19.3. The molecule has 0 aliphatic heterocycles. The van der Waals surface area contributed by atoms with Crippen LogP contribution in [0.4, 0.5) is 8.78 Å². The molecule has 1 atom stereocenters. The lowest BCUT2D eigenvalue weighted by Gasteiger charge is -2.35. The van der Waals surface area contributed by atoms with E-state index in [4.69, 9.17) is 0 Å². The lowest BCUT2D eigenvalue weighted by Crippen LogP contribution is -2.45. The molecular weight excluding hydrogens is 190 g/mol. The van der Waals surface area contributed by atoms with E-state index in [1.54, 1.807) is 20.8 Å². The van der Waals surface area contributed by atoms with Crippen molar-refractivity contribution in [2.24, 2.45) is 5.41 Å². The summed E-state index contributed by atoms with van der Waals surface area (Å²) in [5, 5.41) is 0. The Labute approximate surface area is 83.6 Å². The SMILES string of the molecule is CCC(F)(F)C(OC(C)=O)C(C)(C)C. The number of esters is 1. The average Bonchev–Trinajstić information content (AvgIpc) is 1.98. The molecule has 0 aliphatic carbocycles. The normalized spacial score (nSPS) is 15.1. The van der Waals surface area contributed by atoms with Gasteiger partial charge in [0.2, 0.25) is 0 Å². The van der Waals surface area contributed by atoms with E-state index in [0.717, 1.165) is 6.92 Å². The van der Waals surface area contributed by atoms with E-state index >= 15 is 0 Å². The summed E-state index contributed by atoms with van der Waals surface area (Å²) in [5.74, 6) is -3.64. The zero-order valence-corrected chi connectivity index (χ0v) is 9.36. The molecule has 0 aromatic heterocycles. The van der Waals surface area contributed by atoms with Gasteiger partial charge < -0.3 is 4.74 Å². The third-order valence-corrected chi connectivity index (χ3v) is 1.93. The fourth-order valence-corrected chi connectivity index (χ4v) is 1.25. The molecular formula is C10H18F2O2. The van der Waals surface area contributed by atoms with E-state index in [1.807, 2.05) is 0 Å².